The van der Waals surface area contributed by atoms with Crippen molar-refractivity contribution in [3.63, 3.8) is 0 Å². The molecule has 0 radical (unpaired) electrons. The van der Waals surface area contributed by atoms with Crippen molar-refractivity contribution < 1.29 is 5.11 Å². The van der Waals surface area contributed by atoms with Crippen LogP contribution in [0, 0.1) is 10.8 Å². The van der Waals surface area contributed by atoms with E-state index in [-0.39, 0.29) is 6.04 Å². The second kappa shape index (κ2) is 4.99. The monoisotopic (exact) mass is 288 g/mol. The third-order valence-electron chi connectivity index (χ3n) is 5.33. The number of hydrogen-bond donors (Lipinski definition) is 2. The highest BCUT2D eigenvalue weighted by molar-refractivity contribution is 5.30. The van der Waals surface area contributed by atoms with Crippen molar-refractivity contribution in [3.05, 3.63) is 29.8 Å². The Hall–Kier alpha value is -1.06. The van der Waals surface area contributed by atoms with Crippen LogP contribution in [0.4, 0.5) is 0 Å². The number of phenolic OH excluding ortho intramolecular Hbond substituents is 1. The Labute approximate surface area is 128 Å². The number of aromatic hydroxyl groups is 1. The second-order valence-electron chi connectivity index (χ2n) is 8.23. The van der Waals surface area contributed by atoms with Crippen LogP contribution in [0.2, 0.25) is 0 Å². The van der Waals surface area contributed by atoms with Crippen molar-refractivity contribution in [2.75, 3.05) is 13.1 Å². The van der Waals surface area contributed by atoms with Crippen molar-refractivity contribution in [3.8, 4) is 5.75 Å². The highest BCUT2D eigenvalue weighted by Gasteiger charge is 2.51. The van der Waals surface area contributed by atoms with Crippen LogP contribution in [0.25, 0.3) is 0 Å². The lowest BCUT2D eigenvalue weighted by Gasteiger charge is -2.40. The number of likely N-dealkylation sites (tertiary alicyclic amines) is 1. The summed E-state index contributed by atoms with van der Waals surface area (Å²) >= 11 is 0. The molecule has 3 N–H and O–H groups in total. The molecular formula is C18H28N2O. The number of phenols is 1. The van der Waals surface area contributed by atoms with E-state index in [1.54, 1.807) is 6.07 Å². The van der Waals surface area contributed by atoms with Gasteiger partial charge in [0.15, 0.2) is 0 Å². The Kier molecular flexibility index (Phi) is 3.53. The van der Waals surface area contributed by atoms with E-state index in [1.807, 2.05) is 12.1 Å². The van der Waals surface area contributed by atoms with Crippen LogP contribution in [0.1, 0.15) is 51.6 Å². The lowest BCUT2D eigenvalue weighted by Crippen LogP contribution is -2.39. The minimum atomic E-state index is 0.220. The van der Waals surface area contributed by atoms with Crippen LogP contribution in [-0.2, 0) is 0 Å². The predicted octanol–water partition coefficient (Wildman–Crippen LogP) is 3.29. The van der Waals surface area contributed by atoms with Crippen molar-refractivity contribution in [1.29, 1.82) is 0 Å². The average Bonchev–Trinajstić information content (AvgIpc) is 2.60. The molecule has 1 saturated carbocycles. The smallest absolute Gasteiger partial charge is 0.115 e. The summed E-state index contributed by atoms with van der Waals surface area (Å²) in [4.78, 5) is 2.60. The van der Waals surface area contributed by atoms with E-state index in [0.717, 1.165) is 12.1 Å². The van der Waals surface area contributed by atoms with Crippen molar-refractivity contribution in [2.24, 2.45) is 16.6 Å². The zero-order chi connectivity index (χ0) is 15.3. The molecule has 3 rings (SSSR count). The van der Waals surface area contributed by atoms with Gasteiger partial charge < -0.3 is 10.8 Å². The highest BCUT2D eigenvalue weighted by atomic mass is 16.3. The van der Waals surface area contributed by atoms with Gasteiger partial charge in [-0.1, -0.05) is 32.9 Å². The maximum Gasteiger partial charge on any atom is 0.115 e. The van der Waals surface area contributed by atoms with E-state index in [0.29, 0.717) is 29.2 Å². The lowest BCUT2D eigenvalue weighted by atomic mass is 9.65. The van der Waals surface area contributed by atoms with Gasteiger partial charge in [-0.25, -0.2) is 0 Å². The fourth-order valence-electron chi connectivity index (χ4n) is 5.06. The number of nitrogens with two attached hydrogens (primary N) is 1. The third kappa shape index (κ3) is 2.82. The Balaban J connectivity index is 1.89. The predicted molar refractivity (Wildman–Crippen MR) is 86.1 cm³/mol. The molecule has 2 aliphatic rings. The molecule has 3 unspecified atom stereocenters. The van der Waals surface area contributed by atoms with E-state index >= 15 is 0 Å². The summed E-state index contributed by atoms with van der Waals surface area (Å²) in [5.74, 6) is 0.333. The summed E-state index contributed by atoms with van der Waals surface area (Å²) in [6, 6.07) is 8.44. The molecule has 1 aromatic carbocycles. The normalized spacial score (nSPS) is 33.0. The molecule has 2 bridgehead atoms. The molecule has 116 valence electrons. The molecule has 1 heterocycles. The summed E-state index contributed by atoms with van der Waals surface area (Å²) in [6.07, 6.45) is 3.83. The Morgan fingerprint density at radius 2 is 2.10 bits per heavy atom. The molecule has 3 atom stereocenters. The number of rotatable bonds is 3. The van der Waals surface area contributed by atoms with Crippen LogP contribution in [-0.4, -0.2) is 29.1 Å². The first kappa shape index (κ1) is 14.9. The Morgan fingerprint density at radius 1 is 1.33 bits per heavy atom. The van der Waals surface area contributed by atoms with E-state index < -0.39 is 0 Å². The zero-order valence-electron chi connectivity index (χ0n) is 13.5. The van der Waals surface area contributed by atoms with Gasteiger partial charge >= 0.3 is 0 Å². The molecule has 3 heteroatoms. The van der Waals surface area contributed by atoms with Gasteiger partial charge in [-0.15, -0.1) is 0 Å². The number of nitrogens with zero attached hydrogens (tertiary/aromatic N) is 1. The van der Waals surface area contributed by atoms with Crippen LogP contribution >= 0.6 is 0 Å². The maximum absolute atomic E-state index is 9.76. The number of benzene rings is 1. The van der Waals surface area contributed by atoms with Gasteiger partial charge in [0.2, 0.25) is 0 Å². The largest absolute Gasteiger partial charge is 0.508 e. The summed E-state index contributed by atoms with van der Waals surface area (Å²) in [5.41, 5.74) is 8.08. The van der Waals surface area contributed by atoms with Gasteiger partial charge in [0.1, 0.15) is 5.75 Å². The summed E-state index contributed by atoms with van der Waals surface area (Å²) in [6.45, 7) is 8.95. The van der Waals surface area contributed by atoms with Crippen LogP contribution in [0.3, 0.4) is 0 Å². The second-order valence-corrected chi connectivity index (χ2v) is 8.23. The van der Waals surface area contributed by atoms with Crippen LogP contribution < -0.4 is 5.73 Å². The molecule has 1 aliphatic carbocycles. The van der Waals surface area contributed by atoms with Crippen LogP contribution in [0.15, 0.2) is 24.3 Å². The van der Waals surface area contributed by atoms with Gasteiger partial charge in [-0.3, -0.25) is 4.90 Å². The highest BCUT2D eigenvalue weighted by Crippen LogP contribution is 2.54. The average molecular weight is 288 g/mol. The molecule has 0 spiro atoms. The lowest BCUT2D eigenvalue weighted by molar-refractivity contribution is 0.118. The molecule has 2 fully saturated rings. The minimum absolute atomic E-state index is 0.220. The fraction of sp³-hybridized carbons (Fsp3) is 0.667. The van der Waals surface area contributed by atoms with Gasteiger partial charge in [-0.05, 0) is 47.8 Å². The third-order valence-corrected chi connectivity index (χ3v) is 5.33. The standard InChI is InChI=1S/C18H28N2O/c1-17(2)8-14-9-18(3,11-17)12-20(14)16(10-19)13-5-4-6-15(21)7-13/h4-7,14,16,21H,8-12,19H2,1-3H3. The van der Waals surface area contributed by atoms with E-state index in [9.17, 15) is 5.11 Å². The fourth-order valence-corrected chi connectivity index (χ4v) is 5.06. The topological polar surface area (TPSA) is 49.5 Å². The molecule has 1 aliphatic heterocycles. The van der Waals surface area contributed by atoms with Gasteiger partial charge in [0.05, 0.1) is 0 Å². The SMILES string of the molecule is CC1(C)CC2CC(C)(CN2C(CN)c2cccc(O)c2)C1. The molecule has 1 saturated heterocycles. The van der Waals surface area contributed by atoms with E-state index in [4.69, 9.17) is 5.73 Å². The molecule has 3 nitrogen and oxygen atoms in total. The van der Waals surface area contributed by atoms with Gasteiger partial charge in [-0.2, -0.15) is 0 Å². The first-order chi connectivity index (χ1) is 9.82. The first-order valence-corrected chi connectivity index (χ1v) is 8.07. The Bertz CT molecular complexity index is 528. The summed E-state index contributed by atoms with van der Waals surface area (Å²) in [5, 5.41) is 9.76. The van der Waals surface area contributed by atoms with Crippen molar-refractivity contribution in [2.45, 2.75) is 52.1 Å². The molecule has 0 aromatic heterocycles. The number of hydrogen-bond acceptors (Lipinski definition) is 3. The van der Waals surface area contributed by atoms with Crippen molar-refractivity contribution >= 4 is 0 Å². The molecule has 1 aromatic rings. The first-order valence-electron chi connectivity index (χ1n) is 8.07. The molecule has 0 amide bonds. The van der Waals surface area contributed by atoms with Crippen LogP contribution in [0.5, 0.6) is 5.75 Å². The molecular weight excluding hydrogens is 260 g/mol. The van der Waals surface area contributed by atoms with Crippen molar-refractivity contribution in [1.82, 2.24) is 4.90 Å². The number of fused-ring (bicyclic) bond motifs is 2. The minimum Gasteiger partial charge on any atom is -0.508 e. The van der Waals surface area contributed by atoms with E-state index in [1.165, 1.54) is 19.3 Å². The van der Waals surface area contributed by atoms with E-state index in [2.05, 4.69) is 31.7 Å². The van der Waals surface area contributed by atoms with Gasteiger partial charge in [0.25, 0.3) is 0 Å². The Morgan fingerprint density at radius 3 is 2.76 bits per heavy atom. The zero-order valence-corrected chi connectivity index (χ0v) is 13.5. The summed E-state index contributed by atoms with van der Waals surface area (Å²) in [7, 11) is 0. The summed E-state index contributed by atoms with van der Waals surface area (Å²) < 4.78 is 0. The quantitative estimate of drug-likeness (QED) is 0.897. The maximum atomic E-state index is 9.76. The molecule has 21 heavy (non-hydrogen) atoms. The van der Waals surface area contributed by atoms with Gasteiger partial charge in [0, 0.05) is 25.2 Å².